The van der Waals surface area contributed by atoms with E-state index in [0.29, 0.717) is 53.3 Å². The molecule has 0 radical (unpaired) electrons. The van der Waals surface area contributed by atoms with E-state index in [0.717, 1.165) is 5.56 Å². The number of rotatable bonds is 6. The fraction of sp³-hybridized carbons (Fsp3) is 0.158. The summed E-state index contributed by atoms with van der Waals surface area (Å²) in [5.41, 5.74) is 1.55. The minimum Gasteiger partial charge on any atom is -0.339 e. The monoisotopic (exact) mass is 384 g/mol. The fourth-order valence-corrected chi connectivity index (χ4v) is 2.66. The zero-order valence-corrected chi connectivity index (χ0v) is 14.9. The summed E-state index contributed by atoms with van der Waals surface area (Å²) in [6.45, 7) is 0. The third-order valence-electron chi connectivity index (χ3n) is 3.92. The lowest BCUT2D eigenvalue weighted by molar-refractivity contribution is 0.360. The van der Waals surface area contributed by atoms with Crippen LogP contribution in [0.2, 0.25) is 5.02 Å². The Kier molecular flexibility index (Phi) is 4.93. The Bertz CT molecular complexity index is 945. The van der Waals surface area contributed by atoms with Gasteiger partial charge < -0.3 is 9.05 Å². The van der Waals surface area contributed by atoms with Gasteiger partial charge in [0.15, 0.2) is 0 Å². The molecule has 0 unspecified atom stereocenters. The second-order valence-corrected chi connectivity index (χ2v) is 6.33. The van der Waals surface area contributed by atoms with Crippen molar-refractivity contribution in [1.82, 2.24) is 20.3 Å². The lowest BCUT2D eigenvalue weighted by atomic mass is 10.2. The van der Waals surface area contributed by atoms with Gasteiger partial charge in [-0.15, -0.1) is 0 Å². The number of hydrogen-bond donors (Lipinski definition) is 0. The van der Waals surface area contributed by atoms with E-state index in [1.165, 1.54) is 12.1 Å². The molecule has 0 bridgehead atoms. The second-order valence-electron chi connectivity index (χ2n) is 5.89. The van der Waals surface area contributed by atoms with Gasteiger partial charge in [0, 0.05) is 29.0 Å². The van der Waals surface area contributed by atoms with Crippen LogP contribution in [-0.2, 0) is 12.8 Å². The highest BCUT2D eigenvalue weighted by Crippen LogP contribution is 2.20. The third kappa shape index (κ3) is 4.20. The third-order valence-corrected chi connectivity index (χ3v) is 4.17. The molecule has 8 heteroatoms. The van der Waals surface area contributed by atoms with Gasteiger partial charge in [-0.3, -0.25) is 0 Å². The van der Waals surface area contributed by atoms with Gasteiger partial charge >= 0.3 is 0 Å². The predicted octanol–water partition coefficient (Wildman–Crippen LogP) is 4.75. The normalized spacial score (nSPS) is 11.0. The SMILES string of the molecule is Fc1ccc(-c2noc(CCCc3nc(-c4ccc(Cl)cc4)no3)n2)cc1. The summed E-state index contributed by atoms with van der Waals surface area (Å²) in [5, 5.41) is 8.56. The van der Waals surface area contributed by atoms with Gasteiger partial charge in [0.05, 0.1) is 0 Å². The summed E-state index contributed by atoms with van der Waals surface area (Å²) in [7, 11) is 0. The molecule has 6 nitrogen and oxygen atoms in total. The maximum Gasteiger partial charge on any atom is 0.226 e. The highest BCUT2D eigenvalue weighted by Gasteiger charge is 2.11. The van der Waals surface area contributed by atoms with E-state index in [1.807, 2.05) is 12.1 Å². The summed E-state index contributed by atoms with van der Waals surface area (Å²) >= 11 is 5.88. The van der Waals surface area contributed by atoms with Crippen molar-refractivity contribution in [3.05, 3.63) is 71.2 Å². The molecule has 27 heavy (non-hydrogen) atoms. The van der Waals surface area contributed by atoms with Crippen LogP contribution >= 0.6 is 11.6 Å². The number of aryl methyl sites for hydroxylation is 2. The zero-order valence-electron chi connectivity index (χ0n) is 14.1. The summed E-state index contributed by atoms with van der Waals surface area (Å²) in [5.74, 6) is 1.70. The molecule has 0 spiro atoms. The molecule has 4 aromatic rings. The summed E-state index contributed by atoms with van der Waals surface area (Å²) < 4.78 is 23.5. The molecule has 0 saturated heterocycles. The Morgan fingerprint density at radius 2 is 1.22 bits per heavy atom. The molecule has 0 aliphatic carbocycles. The largest absolute Gasteiger partial charge is 0.339 e. The van der Waals surface area contributed by atoms with Crippen LogP contribution in [0.5, 0.6) is 0 Å². The lowest BCUT2D eigenvalue weighted by Gasteiger charge is -1.94. The first-order valence-electron chi connectivity index (χ1n) is 8.34. The Balaban J connectivity index is 1.34. The molecular formula is C19H14ClFN4O2. The summed E-state index contributed by atoms with van der Waals surface area (Å²) in [4.78, 5) is 8.70. The van der Waals surface area contributed by atoms with Crippen LogP contribution in [0, 0.1) is 5.82 Å². The van der Waals surface area contributed by atoms with Crippen molar-refractivity contribution in [2.24, 2.45) is 0 Å². The van der Waals surface area contributed by atoms with Gasteiger partial charge in [0.2, 0.25) is 23.4 Å². The van der Waals surface area contributed by atoms with Gasteiger partial charge in [-0.25, -0.2) is 4.39 Å². The minimum absolute atomic E-state index is 0.306. The molecule has 2 heterocycles. The van der Waals surface area contributed by atoms with Crippen LogP contribution in [0.15, 0.2) is 57.6 Å². The molecule has 136 valence electrons. The van der Waals surface area contributed by atoms with Crippen molar-refractivity contribution < 1.29 is 13.4 Å². The van der Waals surface area contributed by atoms with Gasteiger partial charge in [-0.05, 0) is 55.0 Å². The quantitative estimate of drug-likeness (QED) is 0.477. The van der Waals surface area contributed by atoms with E-state index >= 15 is 0 Å². The molecular weight excluding hydrogens is 371 g/mol. The van der Waals surface area contributed by atoms with Crippen LogP contribution in [0.25, 0.3) is 22.8 Å². The predicted molar refractivity (Wildman–Crippen MR) is 96.5 cm³/mol. The highest BCUT2D eigenvalue weighted by atomic mass is 35.5. The first-order chi connectivity index (χ1) is 13.2. The molecule has 2 aromatic heterocycles. The lowest BCUT2D eigenvalue weighted by Crippen LogP contribution is -1.91. The molecule has 0 aliphatic rings. The van der Waals surface area contributed by atoms with Gasteiger partial charge in [0.25, 0.3) is 0 Å². The molecule has 0 amide bonds. The maximum atomic E-state index is 13.0. The van der Waals surface area contributed by atoms with Crippen LogP contribution < -0.4 is 0 Å². The molecule has 0 fully saturated rings. The standard InChI is InChI=1S/C19H14ClFN4O2/c20-14-8-4-12(5-9-14)18-22-16(26-24-18)2-1-3-17-23-19(25-27-17)13-6-10-15(21)11-7-13/h4-11H,1-3H2. The van der Waals surface area contributed by atoms with Crippen molar-refractivity contribution in [1.29, 1.82) is 0 Å². The van der Waals surface area contributed by atoms with Crippen LogP contribution in [0.4, 0.5) is 4.39 Å². The zero-order chi connectivity index (χ0) is 18.6. The Hall–Kier alpha value is -3.06. The van der Waals surface area contributed by atoms with Crippen molar-refractivity contribution in [2.75, 3.05) is 0 Å². The average Bonchev–Trinajstić information content (AvgIpc) is 3.33. The van der Waals surface area contributed by atoms with Gasteiger partial charge in [-0.1, -0.05) is 21.9 Å². The number of hydrogen-bond acceptors (Lipinski definition) is 6. The van der Waals surface area contributed by atoms with Crippen molar-refractivity contribution in [3.8, 4) is 22.8 Å². The van der Waals surface area contributed by atoms with Crippen LogP contribution in [0.1, 0.15) is 18.2 Å². The number of nitrogens with zero attached hydrogens (tertiary/aromatic N) is 4. The second kappa shape index (κ2) is 7.67. The van der Waals surface area contributed by atoms with Crippen LogP contribution in [0.3, 0.4) is 0 Å². The molecule has 0 atom stereocenters. The van der Waals surface area contributed by atoms with Gasteiger partial charge in [-0.2, -0.15) is 9.97 Å². The van der Waals surface area contributed by atoms with E-state index in [-0.39, 0.29) is 5.82 Å². The average molecular weight is 385 g/mol. The summed E-state index contributed by atoms with van der Waals surface area (Å²) in [6, 6.07) is 13.2. The smallest absolute Gasteiger partial charge is 0.226 e. The molecule has 2 aromatic carbocycles. The van der Waals surface area contributed by atoms with E-state index in [4.69, 9.17) is 20.6 Å². The van der Waals surface area contributed by atoms with E-state index in [1.54, 1.807) is 24.3 Å². The first kappa shape index (κ1) is 17.4. The maximum absolute atomic E-state index is 13.0. The van der Waals surface area contributed by atoms with E-state index < -0.39 is 0 Å². The van der Waals surface area contributed by atoms with Crippen LogP contribution in [-0.4, -0.2) is 20.3 Å². The molecule has 0 saturated carbocycles. The highest BCUT2D eigenvalue weighted by molar-refractivity contribution is 6.30. The number of halogens is 2. The molecule has 4 rings (SSSR count). The minimum atomic E-state index is -0.306. The topological polar surface area (TPSA) is 77.8 Å². The molecule has 0 aliphatic heterocycles. The Morgan fingerprint density at radius 3 is 1.74 bits per heavy atom. The van der Waals surface area contributed by atoms with E-state index in [2.05, 4.69) is 20.3 Å². The Morgan fingerprint density at radius 1 is 0.741 bits per heavy atom. The van der Waals surface area contributed by atoms with E-state index in [9.17, 15) is 4.39 Å². The van der Waals surface area contributed by atoms with Gasteiger partial charge in [0.1, 0.15) is 5.82 Å². The Labute approximate surface area is 159 Å². The number of benzene rings is 2. The first-order valence-corrected chi connectivity index (χ1v) is 8.72. The summed E-state index contributed by atoms with van der Waals surface area (Å²) in [6.07, 6.45) is 1.88. The van der Waals surface area contributed by atoms with Crippen molar-refractivity contribution in [2.45, 2.75) is 19.3 Å². The van der Waals surface area contributed by atoms with Crippen molar-refractivity contribution >= 4 is 11.6 Å². The number of aromatic nitrogens is 4. The fourth-order valence-electron chi connectivity index (χ4n) is 2.54. The van der Waals surface area contributed by atoms with Crippen molar-refractivity contribution in [3.63, 3.8) is 0 Å². The molecule has 0 N–H and O–H groups in total.